The maximum Gasteiger partial charge on any atom is 0.251 e. The van der Waals surface area contributed by atoms with Crippen molar-refractivity contribution in [2.75, 3.05) is 36.4 Å². The molecule has 3 amide bonds. The van der Waals surface area contributed by atoms with E-state index in [1.807, 2.05) is 77.7 Å². The lowest BCUT2D eigenvalue weighted by Crippen LogP contribution is -2.40. The molecule has 0 unspecified atom stereocenters. The van der Waals surface area contributed by atoms with Gasteiger partial charge in [0.1, 0.15) is 0 Å². The fourth-order valence-electron chi connectivity index (χ4n) is 5.85. The molecule has 0 aromatic heterocycles. The first-order chi connectivity index (χ1) is 20.4. The molecule has 0 atom stereocenters. The van der Waals surface area contributed by atoms with E-state index in [0.717, 1.165) is 55.5 Å². The number of nitrogens with one attached hydrogen (secondary N) is 2. The Labute approximate surface area is 248 Å². The predicted octanol–water partition coefficient (Wildman–Crippen LogP) is 4.15. The number of carbonyl (C=O) groups excluding carboxylic acids is 3. The smallest absolute Gasteiger partial charge is 0.251 e. The Kier molecular flexibility index (Phi) is 9.87. The van der Waals surface area contributed by atoms with Gasteiger partial charge in [0.15, 0.2) is 0 Å². The molecule has 42 heavy (non-hydrogen) atoms. The minimum atomic E-state index is -0.144. The van der Waals surface area contributed by atoms with Gasteiger partial charge in [-0.2, -0.15) is 0 Å². The summed E-state index contributed by atoms with van der Waals surface area (Å²) >= 11 is 0. The summed E-state index contributed by atoms with van der Waals surface area (Å²) in [6, 6.07) is 25.3. The molecule has 5 rings (SSSR count). The van der Waals surface area contributed by atoms with Crippen molar-refractivity contribution in [1.29, 1.82) is 0 Å². The Bertz CT molecular complexity index is 1360. The van der Waals surface area contributed by atoms with E-state index in [2.05, 4.69) is 15.5 Å². The molecule has 8 nitrogen and oxygen atoms in total. The van der Waals surface area contributed by atoms with E-state index in [0.29, 0.717) is 37.3 Å². The molecular weight excluding hydrogens is 526 g/mol. The molecule has 220 valence electrons. The first-order valence-corrected chi connectivity index (χ1v) is 15.1. The largest absolute Gasteiger partial charge is 0.368 e. The third-order valence-corrected chi connectivity index (χ3v) is 8.23. The number of nitrogens with zero attached hydrogens (tertiary/aromatic N) is 2. The summed E-state index contributed by atoms with van der Waals surface area (Å²) in [7, 11) is 0. The molecule has 1 heterocycles. The van der Waals surface area contributed by atoms with Crippen molar-refractivity contribution in [2.24, 2.45) is 5.73 Å². The van der Waals surface area contributed by atoms with Crippen LogP contribution in [0.3, 0.4) is 0 Å². The summed E-state index contributed by atoms with van der Waals surface area (Å²) in [5, 5.41) is 6.25. The number of hydrogen-bond acceptors (Lipinski definition) is 5. The molecule has 3 aromatic carbocycles. The Hall–Kier alpha value is -4.17. The Balaban J connectivity index is 1.31. The number of nitrogens with two attached hydrogens (primary N) is 1. The van der Waals surface area contributed by atoms with Crippen LogP contribution in [0.25, 0.3) is 0 Å². The van der Waals surface area contributed by atoms with Crippen LogP contribution < -0.4 is 21.3 Å². The van der Waals surface area contributed by atoms with Crippen LogP contribution in [-0.4, -0.2) is 60.9 Å². The van der Waals surface area contributed by atoms with Gasteiger partial charge in [-0.1, -0.05) is 60.7 Å². The lowest BCUT2D eigenvalue weighted by Gasteiger charge is -2.28. The number of hydrogen-bond donors (Lipinski definition) is 3. The predicted molar refractivity (Wildman–Crippen MR) is 166 cm³/mol. The molecule has 8 heteroatoms. The zero-order valence-corrected chi connectivity index (χ0v) is 24.1. The van der Waals surface area contributed by atoms with Crippen molar-refractivity contribution in [1.82, 2.24) is 10.2 Å². The van der Waals surface area contributed by atoms with Crippen LogP contribution in [0.15, 0.2) is 78.9 Å². The van der Waals surface area contributed by atoms with Gasteiger partial charge in [-0.15, -0.1) is 0 Å². The number of carbonyl (C=O) groups is 3. The quantitative estimate of drug-likeness (QED) is 0.379. The number of benzene rings is 3. The fraction of sp³-hybridized carbons (Fsp3) is 0.382. The van der Waals surface area contributed by atoms with E-state index in [9.17, 15) is 14.4 Å². The topological polar surface area (TPSA) is 108 Å². The Morgan fingerprint density at radius 3 is 2.12 bits per heavy atom. The van der Waals surface area contributed by atoms with Gasteiger partial charge in [-0.05, 0) is 61.4 Å². The average molecular weight is 568 g/mol. The van der Waals surface area contributed by atoms with Crippen molar-refractivity contribution < 1.29 is 14.4 Å². The first kappa shape index (κ1) is 29.3. The van der Waals surface area contributed by atoms with Crippen molar-refractivity contribution >= 4 is 29.1 Å². The summed E-state index contributed by atoms with van der Waals surface area (Å²) in [5.74, 6) is -0.167. The molecule has 2 aliphatic rings. The summed E-state index contributed by atoms with van der Waals surface area (Å²) in [5.41, 5.74) is 9.95. The van der Waals surface area contributed by atoms with Crippen LogP contribution in [0.5, 0.6) is 0 Å². The number of amides is 3. The van der Waals surface area contributed by atoms with Crippen LogP contribution in [0.1, 0.15) is 53.6 Å². The van der Waals surface area contributed by atoms with Crippen LogP contribution in [-0.2, 0) is 22.4 Å². The van der Waals surface area contributed by atoms with Crippen molar-refractivity contribution in [2.45, 2.75) is 57.0 Å². The maximum atomic E-state index is 13.2. The summed E-state index contributed by atoms with van der Waals surface area (Å²) in [6.07, 6.45) is 5.00. The van der Waals surface area contributed by atoms with Crippen molar-refractivity contribution in [3.05, 3.63) is 95.6 Å². The Morgan fingerprint density at radius 1 is 0.762 bits per heavy atom. The van der Waals surface area contributed by atoms with E-state index >= 15 is 0 Å². The third-order valence-electron chi connectivity index (χ3n) is 8.23. The summed E-state index contributed by atoms with van der Waals surface area (Å²) < 4.78 is 0. The van der Waals surface area contributed by atoms with Gasteiger partial charge in [0, 0.05) is 43.8 Å². The molecule has 0 radical (unpaired) electrons. The molecule has 0 bridgehead atoms. The number of rotatable bonds is 8. The maximum absolute atomic E-state index is 13.2. The SMILES string of the molecule is NC1CCC(NC(=O)c2ccc(N3CCCN(C(=O)Cc4ccccc4)CC3)c(NC(=O)Cc3ccccc3)c2)CC1. The fourth-order valence-corrected chi connectivity index (χ4v) is 5.85. The van der Waals surface area contributed by atoms with Gasteiger partial charge >= 0.3 is 0 Å². The molecular formula is C34H41N5O3. The lowest BCUT2D eigenvalue weighted by atomic mass is 9.91. The lowest BCUT2D eigenvalue weighted by molar-refractivity contribution is -0.130. The molecule has 1 aliphatic carbocycles. The molecule has 2 fully saturated rings. The zero-order chi connectivity index (χ0) is 29.3. The van der Waals surface area contributed by atoms with Gasteiger partial charge in [-0.3, -0.25) is 14.4 Å². The molecule has 4 N–H and O–H groups in total. The molecule has 1 saturated heterocycles. The second-order valence-electron chi connectivity index (χ2n) is 11.4. The average Bonchev–Trinajstić information content (AvgIpc) is 3.26. The second kappa shape index (κ2) is 14.1. The Morgan fingerprint density at radius 2 is 1.43 bits per heavy atom. The first-order valence-electron chi connectivity index (χ1n) is 15.1. The van der Waals surface area contributed by atoms with E-state index in [-0.39, 0.29) is 36.2 Å². The van der Waals surface area contributed by atoms with Gasteiger partial charge in [-0.25, -0.2) is 0 Å². The van der Waals surface area contributed by atoms with Crippen LogP contribution >= 0.6 is 0 Å². The highest BCUT2D eigenvalue weighted by Crippen LogP contribution is 2.29. The molecule has 3 aromatic rings. The van der Waals surface area contributed by atoms with E-state index < -0.39 is 0 Å². The van der Waals surface area contributed by atoms with Crippen LogP contribution in [0, 0.1) is 0 Å². The number of anilines is 2. The van der Waals surface area contributed by atoms with Gasteiger partial charge in [0.2, 0.25) is 11.8 Å². The highest BCUT2D eigenvalue weighted by Gasteiger charge is 2.24. The molecule has 1 aliphatic heterocycles. The standard InChI is InChI=1S/C34H41N5O3/c35-28-13-15-29(16-14-28)36-34(42)27-12-17-31(30(24-27)37-32(40)22-25-8-3-1-4-9-25)38-18-7-19-39(21-20-38)33(41)23-26-10-5-2-6-11-26/h1-6,8-12,17,24,28-29H,7,13-16,18-23,35H2,(H,36,42)(H,37,40). The van der Waals surface area contributed by atoms with Gasteiger partial charge < -0.3 is 26.2 Å². The van der Waals surface area contributed by atoms with E-state index in [1.54, 1.807) is 6.07 Å². The molecule has 1 saturated carbocycles. The zero-order valence-electron chi connectivity index (χ0n) is 24.1. The summed E-state index contributed by atoms with van der Waals surface area (Å²) in [6.45, 7) is 2.65. The molecule has 0 spiro atoms. The third kappa shape index (κ3) is 7.97. The normalized spacial score (nSPS) is 19.1. The summed E-state index contributed by atoms with van der Waals surface area (Å²) in [4.78, 5) is 43.5. The minimum absolute atomic E-state index is 0.109. The van der Waals surface area contributed by atoms with Gasteiger partial charge in [0.25, 0.3) is 5.91 Å². The van der Waals surface area contributed by atoms with Crippen LogP contribution in [0.4, 0.5) is 11.4 Å². The second-order valence-corrected chi connectivity index (χ2v) is 11.4. The van der Waals surface area contributed by atoms with E-state index in [4.69, 9.17) is 5.73 Å². The van der Waals surface area contributed by atoms with Crippen molar-refractivity contribution in [3.63, 3.8) is 0 Å². The van der Waals surface area contributed by atoms with Gasteiger partial charge in [0.05, 0.1) is 24.2 Å². The monoisotopic (exact) mass is 567 g/mol. The van der Waals surface area contributed by atoms with E-state index in [1.165, 1.54) is 0 Å². The highest BCUT2D eigenvalue weighted by atomic mass is 16.2. The minimum Gasteiger partial charge on any atom is -0.368 e. The highest BCUT2D eigenvalue weighted by molar-refractivity contribution is 6.00. The van der Waals surface area contributed by atoms with Crippen molar-refractivity contribution in [3.8, 4) is 0 Å². The van der Waals surface area contributed by atoms with Crippen LogP contribution in [0.2, 0.25) is 0 Å².